The summed E-state index contributed by atoms with van der Waals surface area (Å²) < 4.78 is 44.6. The number of carbonyl (C=O) groups is 1. The Morgan fingerprint density at radius 3 is 2.24 bits per heavy atom. The van der Waals surface area contributed by atoms with E-state index < -0.39 is 29.3 Å². The zero-order valence-electron chi connectivity index (χ0n) is 11.5. The summed E-state index contributed by atoms with van der Waals surface area (Å²) in [5.41, 5.74) is -0.212. The quantitative estimate of drug-likeness (QED) is 0.611. The molecule has 0 spiro atoms. The summed E-state index contributed by atoms with van der Waals surface area (Å²) in [6.45, 7) is 3.22. The Kier molecular flexibility index (Phi) is 4.31. The van der Waals surface area contributed by atoms with Crippen LogP contribution < -0.4 is 4.74 Å². The molecule has 0 heterocycles. The van der Waals surface area contributed by atoms with E-state index in [1.54, 1.807) is 24.3 Å². The van der Waals surface area contributed by atoms with Crippen molar-refractivity contribution in [1.29, 1.82) is 0 Å². The van der Waals surface area contributed by atoms with E-state index in [0.29, 0.717) is 0 Å². The van der Waals surface area contributed by atoms with Gasteiger partial charge in [-0.3, -0.25) is 0 Å². The number of aryl methyl sites for hydroxylation is 2. The van der Waals surface area contributed by atoms with Crippen LogP contribution >= 0.6 is 0 Å². The monoisotopic (exact) mass is 294 g/mol. The van der Waals surface area contributed by atoms with Crippen molar-refractivity contribution < 1.29 is 22.7 Å². The maximum atomic E-state index is 14.0. The van der Waals surface area contributed by atoms with Gasteiger partial charge in [0.2, 0.25) is 0 Å². The van der Waals surface area contributed by atoms with Gasteiger partial charge in [0, 0.05) is 0 Å². The molecular weight excluding hydrogens is 281 g/mol. The first kappa shape index (κ1) is 15.1. The second-order valence-electron chi connectivity index (χ2n) is 4.66. The molecule has 0 fully saturated rings. The molecule has 0 unspecified atom stereocenters. The fourth-order valence-corrected chi connectivity index (χ4v) is 1.88. The molecule has 21 heavy (non-hydrogen) atoms. The van der Waals surface area contributed by atoms with E-state index in [4.69, 9.17) is 4.74 Å². The van der Waals surface area contributed by atoms with Crippen molar-refractivity contribution in [1.82, 2.24) is 0 Å². The fraction of sp³-hybridized carbons (Fsp3) is 0.188. The van der Waals surface area contributed by atoms with E-state index in [9.17, 15) is 18.0 Å². The lowest BCUT2D eigenvalue weighted by Crippen LogP contribution is -2.13. The van der Waals surface area contributed by atoms with Crippen molar-refractivity contribution in [2.45, 2.75) is 20.3 Å². The van der Waals surface area contributed by atoms with Crippen LogP contribution in [0.25, 0.3) is 0 Å². The number of halogens is 3. The van der Waals surface area contributed by atoms with E-state index in [1.165, 1.54) is 13.0 Å². The third-order valence-corrected chi connectivity index (χ3v) is 3.07. The number of esters is 1. The lowest BCUT2D eigenvalue weighted by atomic mass is 10.0. The molecule has 0 saturated heterocycles. The summed E-state index contributed by atoms with van der Waals surface area (Å²) in [6.07, 6.45) is -2.99. The molecule has 2 aromatic rings. The highest BCUT2D eigenvalue weighted by Gasteiger charge is 2.23. The van der Waals surface area contributed by atoms with Gasteiger partial charge in [-0.1, -0.05) is 23.8 Å². The maximum Gasteiger partial charge on any atom is 0.346 e. The van der Waals surface area contributed by atoms with Gasteiger partial charge in [0.25, 0.3) is 6.43 Å². The Morgan fingerprint density at radius 1 is 1.05 bits per heavy atom. The number of hydrogen-bond acceptors (Lipinski definition) is 2. The molecule has 2 aromatic carbocycles. The number of hydrogen-bond donors (Lipinski definition) is 0. The molecule has 0 aromatic heterocycles. The van der Waals surface area contributed by atoms with Crippen LogP contribution in [0.2, 0.25) is 0 Å². The van der Waals surface area contributed by atoms with Crippen LogP contribution in [0.1, 0.15) is 33.5 Å². The summed E-state index contributed by atoms with van der Waals surface area (Å²) in [7, 11) is 0. The van der Waals surface area contributed by atoms with Gasteiger partial charge in [-0.25, -0.2) is 18.0 Å². The summed E-state index contributed by atoms with van der Waals surface area (Å²) in [5, 5.41) is 0. The molecule has 0 bridgehead atoms. The minimum atomic E-state index is -2.99. The molecule has 0 atom stereocenters. The average molecular weight is 294 g/mol. The lowest BCUT2D eigenvalue weighted by Gasteiger charge is -2.10. The van der Waals surface area contributed by atoms with Crippen molar-refractivity contribution in [2.75, 3.05) is 0 Å². The third-order valence-electron chi connectivity index (χ3n) is 3.07. The average Bonchev–Trinajstić information content (AvgIpc) is 2.41. The maximum absolute atomic E-state index is 14.0. The first-order chi connectivity index (χ1) is 9.90. The second-order valence-corrected chi connectivity index (χ2v) is 4.66. The van der Waals surface area contributed by atoms with Crippen molar-refractivity contribution in [3.63, 3.8) is 0 Å². The van der Waals surface area contributed by atoms with E-state index in [0.717, 1.165) is 11.6 Å². The van der Waals surface area contributed by atoms with Gasteiger partial charge in [0.05, 0.1) is 11.1 Å². The summed E-state index contributed by atoms with van der Waals surface area (Å²) in [5.74, 6) is -2.01. The molecule has 0 N–H and O–H groups in total. The van der Waals surface area contributed by atoms with Gasteiger partial charge in [-0.05, 0) is 37.6 Å². The summed E-state index contributed by atoms with van der Waals surface area (Å²) in [4.78, 5) is 11.9. The lowest BCUT2D eigenvalue weighted by molar-refractivity contribution is 0.0728. The topological polar surface area (TPSA) is 26.3 Å². The van der Waals surface area contributed by atoms with Crippen LogP contribution in [0, 0.1) is 19.7 Å². The Hall–Kier alpha value is -2.30. The zero-order chi connectivity index (χ0) is 15.6. The molecule has 0 saturated carbocycles. The zero-order valence-corrected chi connectivity index (χ0v) is 11.5. The van der Waals surface area contributed by atoms with Crippen molar-refractivity contribution in [3.05, 3.63) is 64.5 Å². The van der Waals surface area contributed by atoms with Crippen molar-refractivity contribution in [2.24, 2.45) is 0 Å². The van der Waals surface area contributed by atoms with Gasteiger partial charge in [0.15, 0.2) is 0 Å². The Bertz CT molecular complexity index is 664. The number of rotatable bonds is 3. The largest absolute Gasteiger partial charge is 0.423 e. The Morgan fingerprint density at radius 2 is 1.67 bits per heavy atom. The SMILES string of the molecule is Cc1ccc(OC(=O)c2ccc(C)c(C(F)F)c2F)cc1. The van der Waals surface area contributed by atoms with E-state index in [-0.39, 0.29) is 11.3 Å². The third kappa shape index (κ3) is 3.24. The Labute approximate surface area is 120 Å². The minimum Gasteiger partial charge on any atom is -0.423 e. The van der Waals surface area contributed by atoms with Crippen LogP contribution in [0.15, 0.2) is 36.4 Å². The van der Waals surface area contributed by atoms with Gasteiger partial charge in [-0.2, -0.15) is 0 Å². The van der Waals surface area contributed by atoms with Crippen LogP contribution in [-0.2, 0) is 0 Å². The molecule has 110 valence electrons. The second kappa shape index (κ2) is 5.99. The van der Waals surface area contributed by atoms with Crippen LogP contribution in [0.5, 0.6) is 5.75 Å². The molecule has 5 heteroatoms. The van der Waals surface area contributed by atoms with Crippen molar-refractivity contribution >= 4 is 5.97 Å². The van der Waals surface area contributed by atoms with Gasteiger partial charge in [0.1, 0.15) is 11.6 Å². The van der Waals surface area contributed by atoms with Gasteiger partial charge < -0.3 is 4.74 Å². The Balaban J connectivity index is 2.31. The minimum absolute atomic E-state index is 0.0920. The molecule has 0 aliphatic rings. The number of ether oxygens (including phenoxy) is 1. The molecule has 0 aliphatic carbocycles. The van der Waals surface area contributed by atoms with Gasteiger partial charge in [-0.15, -0.1) is 0 Å². The van der Waals surface area contributed by atoms with Crippen LogP contribution in [0.3, 0.4) is 0 Å². The highest BCUT2D eigenvalue weighted by atomic mass is 19.3. The highest BCUT2D eigenvalue weighted by Crippen LogP contribution is 2.28. The number of alkyl halides is 2. The summed E-state index contributed by atoms with van der Waals surface area (Å²) >= 11 is 0. The van der Waals surface area contributed by atoms with E-state index >= 15 is 0 Å². The number of carbonyl (C=O) groups excluding carboxylic acids is 1. The number of benzene rings is 2. The van der Waals surface area contributed by atoms with E-state index in [2.05, 4.69) is 0 Å². The summed E-state index contributed by atoms with van der Waals surface area (Å²) in [6, 6.07) is 8.96. The molecule has 0 aliphatic heterocycles. The standard InChI is InChI=1S/C16H13F3O2/c1-9-3-6-11(7-4-9)21-16(20)12-8-5-10(2)13(14(12)17)15(18)19/h3-8,15H,1-2H3. The first-order valence-corrected chi connectivity index (χ1v) is 6.26. The predicted octanol–water partition coefficient (Wildman–Crippen LogP) is 4.60. The molecule has 0 amide bonds. The fourth-order valence-electron chi connectivity index (χ4n) is 1.88. The van der Waals surface area contributed by atoms with Gasteiger partial charge >= 0.3 is 5.97 Å². The first-order valence-electron chi connectivity index (χ1n) is 6.26. The highest BCUT2D eigenvalue weighted by molar-refractivity contribution is 5.91. The smallest absolute Gasteiger partial charge is 0.346 e. The van der Waals surface area contributed by atoms with Crippen molar-refractivity contribution in [3.8, 4) is 5.75 Å². The van der Waals surface area contributed by atoms with E-state index in [1.807, 2.05) is 6.92 Å². The predicted molar refractivity (Wildman–Crippen MR) is 72.2 cm³/mol. The van der Waals surface area contributed by atoms with Crippen LogP contribution in [-0.4, -0.2) is 5.97 Å². The van der Waals surface area contributed by atoms with Crippen LogP contribution in [0.4, 0.5) is 13.2 Å². The molecule has 2 nitrogen and oxygen atoms in total. The molecular formula is C16H13F3O2. The molecule has 2 rings (SSSR count). The normalized spacial score (nSPS) is 10.8. The molecule has 0 radical (unpaired) electrons.